The van der Waals surface area contributed by atoms with E-state index >= 15 is 0 Å². The Balaban J connectivity index is 1.47. The number of rotatable bonds is 6. The Morgan fingerprint density at radius 2 is 1.81 bits per heavy atom. The lowest BCUT2D eigenvalue weighted by atomic mass is 10.1. The van der Waals surface area contributed by atoms with Gasteiger partial charge in [0.05, 0.1) is 11.2 Å². The van der Waals surface area contributed by atoms with Crippen molar-refractivity contribution in [3.8, 4) is 0 Å². The lowest BCUT2D eigenvalue weighted by Crippen LogP contribution is -2.54. The number of carbonyl (C=O) groups excluding carboxylic acids is 1. The Hall–Kier alpha value is -2.32. The third-order valence-corrected chi connectivity index (χ3v) is 6.59. The molecule has 0 spiro atoms. The van der Waals surface area contributed by atoms with Gasteiger partial charge in [0, 0.05) is 38.6 Å². The van der Waals surface area contributed by atoms with E-state index in [1.807, 2.05) is 19.1 Å². The zero-order chi connectivity index (χ0) is 19.3. The van der Waals surface area contributed by atoms with Crippen molar-refractivity contribution in [2.75, 3.05) is 26.2 Å². The van der Waals surface area contributed by atoms with E-state index in [0.29, 0.717) is 26.2 Å². The molecule has 1 saturated heterocycles. The highest BCUT2D eigenvalue weighted by molar-refractivity contribution is 7.89. The first-order chi connectivity index (χ1) is 13.0. The third-order valence-electron chi connectivity index (χ3n) is 4.68. The molecule has 146 valence electrons. The lowest BCUT2D eigenvalue weighted by molar-refractivity contribution is 0.169. The van der Waals surface area contributed by atoms with E-state index in [0.717, 1.165) is 18.6 Å². The first kappa shape index (κ1) is 19.4. The zero-order valence-corrected chi connectivity index (χ0v) is 16.2. The molecule has 1 atom stereocenters. The first-order valence-corrected chi connectivity index (χ1v) is 10.5. The fraction of sp³-hybridized carbons (Fsp3) is 0.421. The summed E-state index contributed by atoms with van der Waals surface area (Å²) in [6, 6.07) is 12.0. The van der Waals surface area contributed by atoms with Crippen molar-refractivity contribution >= 4 is 16.1 Å². The summed E-state index contributed by atoms with van der Waals surface area (Å²) in [4.78, 5) is 14.4. The summed E-state index contributed by atoms with van der Waals surface area (Å²) >= 11 is 0. The Kier molecular flexibility index (Phi) is 6.18. The summed E-state index contributed by atoms with van der Waals surface area (Å²) in [5, 5.41) is 2.97. The Morgan fingerprint density at radius 3 is 2.44 bits per heavy atom. The Bertz CT molecular complexity index is 829. The van der Waals surface area contributed by atoms with E-state index < -0.39 is 10.0 Å². The number of aryl methyl sites for hydroxylation is 1. The molecule has 1 aliphatic heterocycles. The van der Waals surface area contributed by atoms with Crippen LogP contribution >= 0.6 is 0 Å². The van der Waals surface area contributed by atoms with Gasteiger partial charge in [0.25, 0.3) is 0 Å². The van der Waals surface area contributed by atoms with E-state index in [1.165, 1.54) is 4.31 Å². The number of furan rings is 1. The molecule has 2 heterocycles. The summed E-state index contributed by atoms with van der Waals surface area (Å²) in [6.45, 7) is 3.30. The van der Waals surface area contributed by atoms with E-state index in [2.05, 4.69) is 5.32 Å². The number of sulfonamides is 1. The van der Waals surface area contributed by atoms with Crippen LogP contribution in [-0.2, 0) is 16.4 Å². The van der Waals surface area contributed by atoms with Gasteiger partial charge < -0.3 is 14.6 Å². The van der Waals surface area contributed by atoms with Gasteiger partial charge >= 0.3 is 6.03 Å². The summed E-state index contributed by atoms with van der Waals surface area (Å²) in [7, 11) is -3.50. The van der Waals surface area contributed by atoms with Crippen LogP contribution in [0.2, 0.25) is 0 Å². The number of nitrogens with one attached hydrogen (secondary N) is 1. The van der Waals surface area contributed by atoms with Crippen molar-refractivity contribution < 1.29 is 17.6 Å². The van der Waals surface area contributed by atoms with Crippen LogP contribution in [0.3, 0.4) is 0 Å². The van der Waals surface area contributed by atoms with Gasteiger partial charge in [-0.25, -0.2) is 13.2 Å². The molecule has 1 unspecified atom stereocenters. The van der Waals surface area contributed by atoms with Gasteiger partial charge in [-0.05, 0) is 37.6 Å². The second-order valence-electron chi connectivity index (χ2n) is 6.67. The summed E-state index contributed by atoms with van der Waals surface area (Å²) in [5.74, 6) is 0.899. The molecule has 27 heavy (non-hydrogen) atoms. The molecular formula is C19H25N3O4S. The molecule has 0 saturated carbocycles. The van der Waals surface area contributed by atoms with Crippen molar-refractivity contribution in [3.63, 3.8) is 0 Å². The Labute approximate surface area is 160 Å². The minimum Gasteiger partial charge on any atom is -0.469 e. The van der Waals surface area contributed by atoms with Gasteiger partial charge in [-0.15, -0.1) is 0 Å². The molecule has 0 radical (unpaired) electrons. The molecule has 1 fully saturated rings. The van der Waals surface area contributed by atoms with E-state index in [9.17, 15) is 13.2 Å². The second-order valence-corrected chi connectivity index (χ2v) is 8.61. The second kappa shape index (κ2) is 8.58. The van der Waals surface area contributed by atoms with Gasteiger partial charge in [0.2, 0.25) is 10.0 Å². The quantitative estimate of drug-likeness (QED) is 0.819. The number of nitrogens with zero attached hydrogens (tertiary/aromatic N) is 2. The van der Waals surface area contributed by atoms with Crippen LogP contribution in [0.25, 0.3) is 0 Å². The van der Waals surface area contributed by atoms with Crippen molar-refractivity contribution in [3.05, 3.63) is 54.5 Å². The van der Waals surface area contributed by atoms with Crippen LogP contribution < -0.4 is 5.32 Å². The van der Waals surface area contributed by atoms with Crippen molar-refractivity contribution in [2.24, 2.45) is 0 Å². The van der Waals surface area contributed by atoms with Gasteiger partial charge in [-0.1, -0.05) is 18.2 Å². The SMILES string of the molecule is CC(CCc1ccco1)NC(=O)N1CCN(S(=O)(=O)c2ccccc2)CC1. The van der Waals surface area contributed by atoms with Crippen molar-refractivity contribution in [1.29, 1.82) is 0 Å². The molecule has 0 aliphatic carbocycles. The summed E-state index contributed by atoms with van der Waals surface area (Å²) < 4.78 is 32.0. The van der Waals surface area contributed by atoms with Crippen LogP contribution in [0.4, 0.5) is 4.79 Å². The number of hydrogen-bond acceptors (Lipinski definition) is 4. The van der Waals surface area contributed by atoms with Crippen LogP contribution in [0.5, 0.6) is 0 Å². The van der Waals surface area contributed by atoms with Gasteiger partial charge in [-0.3, -0.25) is 0 Å². The average molecular weight is 391 g/mol. The fourth-order valence-corrected chi connectivity index (χ4v) is 4.50. The molecule has 0 bridgehead atoms. The maximum absolute atomic E-state index is 12.6. The minimum absolute atomic E-state index is 0.00804. The first-order valence-electron chi connectivity index (χ1n) is 9.10. The molecule has 7 nitrogen and oxygen atoms in total. The molecular weight excluding hydrogens is 366 g/mol. The predicted molar refractivity (Wildman–Crippen MR) is 102 cm³/mol. The number of urea groups is 1. The van der Waals surface area contributed by atoms with Crippen molar-refractivity contribution in [1.82, 2.24) is 14.5 Å². The van der Waals surface area contributed by atoms with E-state index in [-0.39, 0.29) is 17.0 Å². The monoisotopic (exact) mass is 391 g/mol. The normalized spacial score (nSPS) is 16.9. The summed E-state index contributed by atoms with van der Waals surface area (Å²) in [5.41, 5.74) is 0. The van der Waals surface area contributed by atoms with Crippen LogP contribution in [0.1, 0.15) is 19.1 Å². The highest BCUT2D eigenvalue weighted by atomic mass is 32.2. The third kappa shape index (κ3) is 4.90. The molecule has 1 N–H and O–H groups in total. The van der Waals surface area contributed by atoms with Crippen molar-refractivity contribution in [2.45, 2.75) is 30.7 Å². The molecule has 1 aliphatic rings. The highest BCUT2D eigenvalue weighted by Crippen LogP contribution is 2.17. The molecule has 8 heteroatoms. The molecule has 3 rings (SSSR count). The van der Waals surface area contributed by atoms with E-state index in [1.54, 1.807) is 41.5 Å². The average Bonchev–Trinajstić information content (AvgIpc) is 3.21. The van der Waals surface area contributed by atoms with Crippen LogP contribution in [0, 0.1) is 0 Å². The van der Waals surface area contributed by atoms with Gasteiger partial charge in [0.1, 0.15) is 5.76 Å². The predicted octanol–water partition coefficient (Wildman–Crippen LogP) is 2.32. The summed E-state index contributed by atoms with van der Waals surface area (Å²) in [6.07, 6.45) is 3.18. The lowest BCUT2D eigenvalue weighted by Gasteiger charge is -2.34. The molecule has 2 amide bonds. The minimum atomic E-state index is -3.50. The number of amides is 2. The molecule has 1 aromatic heterocycles. The highest BCUT2D eigenvalue weighted by Gasteiger charge is 2.30. The topological polar surface area (TPSA) is 82.9 Å². The molecule has 2 aromatic rings. The Morgan fingerprint density at radius 1 is 1.11 bits per heavy atom. The van der Waals surface area contributed by atoms with Gasteiger partial charge in [-0.2, -0.15) is 4.31 Å². The largest absolute Gasteiger partial charge is 0.469 e. The van der Waals surface area contributed by atoms with Gasteiger partial charge in [0.15, 0.2) is 0 Å². The number of benzene rings is 1. The number of piperazine rings is 1. The smallest absolute Gasteiger partial charge is 0.317 e. The number of carbonyl (C=O) groups is 1. The van der Waals surface area contributed by atoms with Crippen LogP contribution in [-0.4, -0.2) is 55.9 Å². The standard InChI is InChI=1S/C19H25N3O4S/c1-16(9-10-17-6-5-15-26-17)20-19(23)21-11-13-22(14-12-21)27(24,25)18-7-3-2-4-8-18/h2-8,15-16H,9-14H2,1H3,(H,20,23). The number of hydrogen-bond donors (Lipinski definition) is 1. The maximum atomic E-state index is 12.6. The maximum Gasteiger partial charge on any atom is 0.317 e. The zero-order valence-electron chi connectivity index (χ0n) is 15.4. The molecule has 1 aromatic carbocycles. The fourth-order valence-electron chi connectivity index (χ4n) is 3.06. The van der Waals surface area contributed by atoms with Crippen LogP contribution in [0.15, 0.2) is 58.0 Å². The van der Waals surface area contributed by atoms with E-state index in [4.69, 9.17) is 4.42 Å².